The maximum Gasteiger partial charge on any atom is 0.271 e. The molecule has 28 heavy (non-hydrogen) atoms. The topological polar surface area (TPSA) is 71.0 Å². The van der Waals surface area contributed by atoms with Crippen LogP contribution in [0.1, 0.15) is 38.5 Å². The third-order valence-electron chi connectivity index (χ3n) is 5.01. The van der Waals surface area contributed by atoms with Gasteiger partial charge in [0.15, 0.2) is 0 Å². The van der Waals surface area contributed by atoms with Crippen LogP contribution < -0.4 is 15.1 Å². The predicted octanol–water partition coefficient (Wildman–Crippen LogP) is 4.13. The highest BCUT2D eigenvalue weighted by Gasteiger charge is 2.25. The molecule has 0 saturated heterocycles. The number of benzene rings is 2. The molecule has 0 bridgehead atoms. The van der Waals surface area contributed by atoms with Crippen molar-refractivity contribution in [3.8, 4) is 5.75 Å². The Kier molecular flexibility index (Phi) is 5.37. The monoisotopic (exact) mass is 377 g/mol. The summed E-state index contributed by atoms with van der Waals surface area (Å²) in [5, 5.41) is 8.44. The van der Waals surface area contributed by atoms with E-state index in [1.54, 1.807) is 12.1 Å². The lowest BCUT2D eigenvalue weighted by atomic mass is 10.1. The first-order chi connectivity index (χ1) is 13.7. The van der Waals surface area contributed by atoms with Crippen LogP contribution in [-0.2, 0) is 9.59 Å². The van der Waals surface area contributed by atoms with Crippen LogP contribution >= 0.6 is 0 Å². The van der Waals surface area contributed by atoms with Gasteiger partial charge in [0.25, 0.3) is 5.91 Å². The van der Waals surface area contributed by atoms with Gasteiger partial charge in [-0.3, -0.25) is 9.59 Å². The zero-order chi connectivity index (χ0) is 19.3. The molecule has 2 aromatic carbocycles. The van der Waals surface area contributed by atoms with Crippen molar-refractivity contribution in [3.05, 3.63) is 54.6 Å². The number of hydrazone groups is 1. The summed E-state index contributed by atoms with van der Waals surface area (Å²) in [7, 11) is 0. The molecular formula is C22H23N3O3. The van der Waals surface area contributed by atoms with E-state index in [4.69, 9.17) is 4.74 Å². The number of carbonyl (C=O) groups is 2. The third-order valence-corrected chi connectivity index (χ3v) is 5.01. The lowest BCUT2D eigenvalue weighted by Gasteiger charge is -2.23. The zero-order valence-corrected chi connectivity index (χ0v) is 15.6. The Balaban J connectivity index is 1.42. The van der Waals surface area contributed by atoms with Gasteiger partial charge in [0.2, 0.25) is 5.91 Å². The lowest BCUT2D eigenvalue weighted by molar-refractivity contribution is -0.118. The molecule has 1 aliphatic carbocycles. The van der Waals surface area contributed by atoms with E-state index in [-0.39, 0.29) is 18.2 Å². The number of para-hydroxylation sites is 1. The zero-order valence-electron chi connectivity index (χ0n) is 15.6. The van der Waals surface area contributed by atoms with Crippen LogP contribution in [0.25, 0.3) is 0 Å². The fraction of sp³-hybridized carbons (Fsp3) is 0.318. The molecule has 4 rings (SSSR count). The highest BCUT2D eigenvalue weighted by atomic mass is 16.5. The Bertz CT molecular complexity index is 872. The van der Waals surface area contributed by atoms with E-state index in [2.05, 4.69) is 10.4 Å². The first kappa shape index (κ1) is 18.2. The Morgan fingerprint density at radius 2 is 1.71 bits per heavy atom. The minimum atomic E-state index is -0.294. The van der Waals surface area contributed by atoms with Crippen LogP contribution in [0.5, 0.6) is 5.75 Å². The second kappa shape index (κ2) is 8.25. The number of hydrogen-bond donors (Lipinski definition) is 1. The molecule has 1 heterocycles. The second-order valence-corrected chi connectivity index (χ2v) is 7.09. The van der Waals surface area contributed by atoms with Crippen molar-refractivity contribution in [1.29, 1.82) is 0 Å². The van der Waals surface area contributed by atoms with Gasteiger partial charge >= 0.3 is 0 Å². The van der Waals surface area contributed by atoms with Crippen LogP contribution in [-0.4, -0.2) is 23.6 Å². The number of carbonyl (C=O) groups excluding carboxylic acids is 2. The molecular weight excluding hydrogens is 354 g/mol. The Hall–Kier alpha value is -3.15. The molecule has 6 heteroatoms. The molecule has 1 aliphatic heterocycles. The van der Waals surface area contributed by atoms with E-state index in [1.165, 1.54) is 17.9 Å². The Morgan fingerprint density at radius 3 is 2.43 bits per heavy atom. The molecule has 1 fully saturated rings. The standard InChI is InChI=1S/C22H23N3O3/c26-21-15-14-20(24-25(21)17-6-2-1-3-7-17)22(27)23-16-10-12-19(13-11-16)28-18-8-4-5-9-18/h1-3,6-7,10-13,18H,4-5,8-9,14-15H2,(H,23,27). The van der Waals surface area contributed by atoms with E-state index in [1.807, 2.05) is 42.5 Å². The average Bonchev–Trinajstić information content (AvgIpc) is 3.23. The fourth-order valence-electron chi connectivity index (χ4n) is 3.51. The summed E-state index contributed by atoms with van der Waals surface area (Å²) >= 11 is 0. The Morgan fingerprint density at radius 1 is 1.00 bits per heavy atom. The van der Waals surface area contributed by atoms with Crippen molar-refractivity contribution in [2.24, 2.45) is 5.10 Å². The molecule has 0 atom stereocenters. The maximum absolute atomic E-state index is 12.6. The van der Waals surface area contributed by atoms with Gasteiger partial charge < -0.3 is 10.1 Å². The number of ether oxygens (including phenoxy) is 1. The highest BCUT2D eigenvalue weighted by Crippen LogP contribution is 2.25. The van der Waals surface area contributed by atoms with Gasteiger partial charge in [-0.25, -0.2) is 5.01 Å². The number of rotatable bonds is 5. The summed E-state index contributed by atoms with van der Waals surface area (Å²) < 4.78 is 5.95. The van der Waals surface area contributed by atoms with Gasteiger partial charge in [0.05, 0.1) is 11.8 Å². The van der Waals surface area contributed by atoms with Crippen LogP contribution in [0.15, 0.2) is 59.7 Å². The van der Waals surface area contributed by atoms with E-state index in [9.17, 15) is 9.59 Å². The fourth-order valence-corrected chi connectivity index (χ4v) is 3.51. The van der Waals surface area contributed by atoms with Gasteiger partial charge in [0.1, 0.15) is 11.5 Å². The number of nitrogens with zero attached hydrogens (tertiary/aromatic N) is 2. The molecule has 2 aliphatic rings. The van der Waals surface area contributed by atoms with Gasteiger partial charge in [-0.15, -0.1) is 0 Å². The average molecular weight is 377 g/mol. The van der Waals surface area contributed by atoms with Gasteiger partial charge in [-0.1, -0.05) is 18.2 Å². The molecule has 0 aromatic heterocycles. The SMILES string of the molecule is O=C(Nc1ccc(OC2CCCC2)cc1)C1=NN(c2ccccc2)C(=O)CC1. The molecule has 2 aromatic rings. The first-order valence-corrected chi connectivity index (χ1v) is 9.72. The minimum absolute atomic E-state index is 0.115. The van der Waals surface area contributed by atoms with Gasteiger partial charge in [-0.05, 0) is 62.1 Å². The largest absolute Gasteiger partial charge is 0.490 e. The van der Waals surface area contributed by atoms with Crippen LogP contribution in [0.4, 0.5) is 11.4 Å². The normalized spacial score (nSPS) is 17.4. The summed E-state index contributed by atoms with van der Waals surface area (Å²) in [4.78, 5) is 24.8. The third kappa shape index (κ3) is 4.22. The molecule has 0 radical (unpaired) electrons. The lowest BCUT2D eigenvalue weighted by Crippen LogP contribution is -2.36. The van der Waals surface area contributed by atoms with Gasteiger partial charge in [-0.2, -0.15) is 5.10 Å². The quantitative estimate of drug-likeness (QED) is 0.852. The number of nitrogens with one attached hydrogen (secondary N) is 1. The summed E-state index contributed by atoms with van der Waals surface area (Å²) in [6.45, 7) is 0. The van der Waals surface area contributed by atoms with E-state index in [0.29, 0.717) is 29.6 Å². The van der Waals surface area contributed by atoms with Crippen molar-refractivity contribution in [1.82, 2.24) is 0 Å². The summed E-state index contributed by atoms with van der Waals surface area (Å²) in [6, 6.07) is 16.5. The second-order valence-electron chi connectivity index (χ2n) is 7.09. The van der Waals surface area contributed by atoms with Crippen molar-refractivity contribution in [3.63, 3.8) is 0 Å². The number of amides is 2. The number of hydrogen-bond acceptors (Lipinski definition) is 4. The predicted molar refractivity (Wildman–Crippen MR) is 109 cm³/mol. The summed E-state index contributed by atoms with van der Waals surface area (Å²) in [5.74, 6) is 0.412. The molecule has 0 spiro atoms. The van der Waals surface area contributed by atoms with E-state index >= 15 is 0 Å². The van der Waals surface area contributed by atoms with E-state index < -0.39 is 0 Å². The van der Waals surface area contributed by atoms with Crippen molar-refractivity contribution in [2.45, 2.75) is 44.6 Å². The summed E-state index contributed by atoms with van der Waals surface area (Å²) in [6.07, 6.45) is 5.56. The minimum Gasteiger partial charge on any atom is -0.490 e. The number of anilines is 2. The molecule has 6 nitrogen and oxygen atoms in total. The van der Waals surface area contributed by atoms with E-state index in [0.717, 1.165) is 18.6 Å². The first-order valence-electron chi connectivity index (χ1n) is 9.72. The smallest absolute Gasteiger partial charge is 0.271 e. The van der Waals surface area contributed by atoms with Gasteiger partial charge in [0, 0.05) is 18.5 Å². The van der Waals surface area contributed by atoms with Crippen molar-refractivity contribution >= 4 is 28.9 Å². The molecule has 144 valence electrons. The highest BCUT2D eigenvalue weighted by molar-refractivity contribution is 6.44. The van der Waals surface area contributed by atoms with Crippen LogP contribution in [0, 0.1) is 0 Å². The van der Waals surface area contributed by atoms with Crippen molar-refractivity contribution in [2.75, 3.05) is 10.3 Å². The molecule has 0 unspecified atom stereocenters. The van der Waals surface area contributed by atoms with Crippen LogP contribution in [0.2, 0.25) is 0 Å². The molecule has 1 N–H and O–H groups in total. The molecule has 2 amide bonds. The molecule has 1 saturated carbocycles. The van der Waals surface area contributed by atoms with Crippen LogP contribution in [0.3, 0.4) is 0 Å². The van der Waals surface area contributed by atoms with Crippen molar-refractivity contribution < 1.29 is 14.3 Å². The maximum atomic E-state index is 12.6. The summed E-state index contributed by atoms with van der Waals surface area (Å²) in [5.41, 5.74) is 1.68. The Labute approximate surface area is 164 Å².